The Balaban J connectivity index is 1.42. The van der Waals surface area contributed by atoms with Crippen LogP contribution < -0.4 is 10.1 Å². The minimum absolute atomic E-state index is 0.234. The second-order valence-electron chi connectivity index (χ2n) is 7.43. The molecule has 0 bridgehead atoms. The molecule has 1 fully saturated rings. The van der Waals surface area contributed by atoms with Crippen molar-refractivity contribution in [2.24, 2.45) is 0 Å². The van der Waals surface area contributed by atoms with Crippen molar-refractivity contribution in [3.8, 4) is 11.4 Å². The van der Waals surface area contributed by atoms with Crippen LogP contribution in [-0.4, -0.2) is 75.2 Å². The number of hydrogen-bond donors (Lipinski definition) is 1. The van der Waals surface area contributed by atoms with Crippen molar-refractivity contribution in [1.29, 1.82) is 0 Å². The van der Waals surface area contributed by atoms with E-state index >= 15 is 0 Å². The number of aryl methyl sites for hydroxylation is 1. The lowest BCUT2D eigenvalue weighted by Gasteiger charge is -2.35. The number of rotatable bonds is 4. The molecular weight excluding hydrogens is 469 g/mol. The van der Waals surface area contributed by atoms with Gasteiger partial charge < -0.3 is 19.9 Å². The number of nitrogens with one attached hydrogen (secondary N) is 1. The molecule has 1 aromatic heterocycles. The van der Waals surface area contributed by atoms with Gasteiger partial charge in [-0.15, -0.1) is 5.10 Å². The van der Waals surface area contributed by atoms with Gasteiger partial charge in [0.25, 0.3) is 5.91 Å². The third-order valence-corrected chi connectivity index (χ3v) is 6.08. The fourth-order valence-corrected chi connectivity index (χ4v) is 3.91. The number of halogens is 2. The second-order valence-corrected chi connectivity index (χ2v) is 8.25. The number of hydrogen-bond acceptors (Lipinski definition) is 6. The van der Waals surface area contributed by atoms with E-state index < -0.39 is 0 Å². The number of ether oxygens (including phenoxy) is 1. The Morgan fingerprint density at radius 3 is 2.39 bits per heavy atom. The fourth-order valence-electron chi connectivity index (χ4n) is 3.48. The molecule has 3 amide bonds. The zero-order valence-electron chi connectivity index (χ0n) is 18.0. The normalized spacial score (nSPS) is 13.7. The third kappa shape index (κ3) is 4.86. The summed E-state index contributed by atoms with van der Waals surface area (Å²) in [6.45, 7) is 3.41. The van der Waals surface area contributed by atoms with Crippen molar-refractivity contribution in [1.82, 2.24) is 30.0 Å². The topological polar surface area (TPSA) is 105 Å². The molecule has 4 rings (SSSR count). The standard InChI is InChI=1S/C21H21Cl2N7O3/c1-13-3-4-14(9-16(13)22)25-21(32)29-7-5-28(6-8-29)20(31)15-10-17(23)18(11-19(15)33-2)30-12-24-26-27-30/h3-4,9-12H,5-8H2,1-2H3,(H,25,32). The highest BCUT2D eigenvalue weighted by molar-refractivity contribution is 6.33. The average molecular weight is 490 g/mol. The van der Waals surface area contributed by atoms with E-state index in [0.29, 0.717) is 58.9 Å². The maximum Gasteiger partial charge on any atom is 0.321 e. The Bertz CT molecular complexity index is 1180. The van der Waals surface area contributed by atoms with Gasteiger partial charge in [0.05, 0.1) is 23.4 Å². The Hall–Kier alpha value is -3.37. The molecule has 1 saturated heterocycles. The van der Waals surface area contributed by atoms with E-state index in [1.165, 1.54) is 18.1 Å². The van der Waals surface area contributed by atoms with Gasteiger partial charge in [0.2, 0.25) is 0 Å². The first kappa shape index (κ1) is 22.8. The van der Waals surface area contributed by atoms with Crippen molar-refractivity contribution in [2.45, 2.75) is 6.92 Å². The van der Waals surface area contributed by atoms with Gasteiger partial charge in [-0.05, 0) is 41.1 Å². The summed E-state index contributed by atoms with van der Waals surface area (Å²) >= 11 is 12.5. The summed E-state index contributed by atoms with van der Waals surface area (Å²) < 4.78 is 6.81. The summed E-state index contributed by atoms with van der Waals surface area (Å²) in [5.41, 5.74) is 2.37. The number of amides is 3. The number of carbonyl (C=O) groups is 2. The zero-order valence-corrected chi connectivity index (χ0v) is 19.5. The van der Waals surface area contributed by atoms with Crippen molar-refractivity contribution in [3.63, 3.8) is 0 Å². The monoisotopic (exact) mass is 489 g/mol. The Labute approximate surface area is 200 Å². The SMILES string of the molecule is COc1cc(-n2cnnn2)c(Cl)cc1C(=O)N1CCN(C(=O)Nc2ccc(C)c(Cl)c2)CC1. The highest BCUT2D eigenvalue weighted by Gasteiger charge is 2.27. The first-order chi connectivity index (χ1) is 15.9. The highest BCUT2D eigenvalue weighted by atomic mass is 35.5. The molecule has 1 aliphatic rings. The molecule has 1 N–H and O–H groups in total. The Morgan fingerprint density at radius 1 is 1.03 bits per heavy atom. The molecule has 0 radical (unpaired) electrons. The van der Waals surface area contributed by atoms with Crippen LogP contribution in [0.25, 0.3) is 5.69 Å². The number of benzene rings is 2. The van der Waals surface area contributed by atoms with E-state index in [1.807, 2.05) is 13.0 Å². The van der Waals surface area contributed by atoms with Gasteiger partial charge in [0, 0.05) is 43.0 Å². The van der Waals surface area contributed by atoms with Crippen LogP contribution in [0.15, 0.2) is 36.7 Å². The smallest absolute Gasteiger partial charge is 0.321 e. The van der Waals surface area contributed by atoms with E-state index in [2.05, 4.69) is 20.8 Å². The van der Waals surface area contributed by atoms with E-state index in [0.717, 1.165) is 5.56 Å². The Kier molecular flexibility index (Phi) is 6.66. The van der Waals surface area contributed by atoms with Crippen LogP contribution in [-0.2, 0) is 0 Å². The number of carbonyl (C=O) groups excluding carboxylic acids is 2. The van der Waals surface area contributed by atoms with E-state index in [4.69, 9.17) is 27.9 Å². The number of piperazine rings is 1. The van der Waals surface area contributed by atoms with Crippen LogP contribution in [0.3, 0.4) is 0 Å². The van der Waals surface area contributed by atoms with E-state index in [-0.39, 0.29) is 11.9 Å². The molecule has 1 aliphatic heterocycles. The number of urea groups is 1. The molecule has 2 aromatic carbocycles. The molecule has 172 valence electrons. The lowest BCUT2D eigenvalue weighted by atomic mass is 10.1. The molecule has 12 heteroatoms. The molecule has 0 aliphatic carbocycles. The molecular formula is C21H21Cl2N7O3. The van der Waals surface area contributed by atoms with Gasteiger partial charge in [-0.1, -0.05) is 29.3 Å². The molecule has 0 unspecified atom stereocenters. The van der Waals surface area contributed by atoms with Crippen molar-refractivity contribution >= 4 is 40.8 Å². The predicted octanol–water partition coefficient (Wildman–Crippen LogP) is 3.28. The van der Waals surface area contributed by atoms with Gasteiger partial charge in [-0.2, -0.15) is 4.68 Å². The average Bonchev–Trinajstić information content (AvgIpc) is 3.35. The van der Waals surface area contributed by atoms with Crippen LogP contribution >= 0.6 is 23.2 Å². The summed E-state index contributed by atoms with van der Waals surface area (Å²) in [4.78, 5) is 29.1. The lowest BCUT2D eigenvalue weighted by Crippen LogP contribution is -2.51. The second kappa shape index (κ2) is 9.63. The molecule has 0 saturated carbocycles. The summed E-state index contributed by atoms with van der Waals surface area (Å²) in [6, 6.07) is 8.27. The zero-order chi connectivity index (χ0) is 23.5. The van der Waals surface area contributed by atoms with E-state index in [1.54, 1.807) is 34.1 Å². The van der Waals surface area contributed by atoms with Gasteiger partial charge in [0.15, 0.2) is 0 Å². The number of tetrazole rings is 1. The molecule has 2 heterocycles. The molecule has 0 spiro atoms. The van der Waals surface area contributed by atoms with E-state index in [9.17, 15) is 9.59 Å². The number of nitrogens with zero attached hydrogens (tertiary/aromatic N) is 6. The number of anilines is 1. The number of aromatic nitrogens is 4. The van der Waals surface area contributed by atoms with Gasteiger partial charge in [-0.25, -0.2) is 4.79 Å². The van der Waals surface area contributed by atoms with Crippen molar-refractivity contribution in [2.75, 3.05) is 38.6 Å². The van der Waals surface area contributed by atoms with Gasteiger partial charge >= 0.3 is 6.03 Å². The fraction of sp³-hybridized carbons (Fsp3) is 0.286. The van der Waals surface area contributed by atoms with Crippen LogP contribution in [0.1, 0.15) is 15.9 Å². The molecule has 3 aromatic rings. The lowest BCUT2D eigenvalue weighted by molar-refractivity contribution is 0.0668. The summed E-state index contributed by atoms with van der Waals surface area (Å²) in [7, 11) is 1.48. The Morgan fingerprint density at radius 2 is 1.76 bits per heavy atom. The predicted molar refractivity (Wildman–Crippen MR) is 123 cm³/mol. The van der Waals surface area contributed by atoms with Crippen LogP contribution in [0.5, 0.6) is 5.75 Å². The summed E-state index contributed by atoms with van der Waals surface area (Å²) in [6.07, 6.45) is 1.40. The van der Waals surface area contributed by atoms with Crippen LogP contribution in [0.4, 0.5) is 10.5 Å². The van der Waals surface area contributed by atoms with Crippen molar-refractivity contribution in [3.05, 3.63) is 57.8 Å². The maximum absolute atomic E-state index is 13.2. The minimum atomic E-state index is -0.242. The largest absolute Gasteiger partial charge is 0.496 e. The maximum atomic E-state index is 13.2. The summed E-state index contributed by atoms with van der Waals surface area (Å²) in [5.74, 6) is 0.119. The molecule has 10 nitrogen and oxygen atoms in total. The van der Waals surface area contributed by atoms with Crippen LogP contribution in [0, 0.1) is 6.92 Å². The first-order valence-electron chi connectivity index (χ1n) is 10.1. The minimum Gasteiger partial charge on any atom is -0.496 e. The summed E-state index contributed by atoms with van der Waals surface area (Å²) in [5, 5.41) is 14.7. The third-order valence-electron chi connectivity index (χ3n) is 5.37. The van der Waals surface area contributed by atoms with Crippen LogP contribution in [0.2, 0.25) is 10.0 Å². The van der Waals surface area contributed by atoms with Crippen molar-refractivity contribution < 1.29 is 14.3 Å². The molecule has 0 atom stereocenters. The van der Waals surface area contributed by atoms with Gasteiger partial charge in [0.1, 0.15) is 12.1 Å². The first-order valence-corrected chi connectivity index (χ1v) is 10.8. The molecule has 33 heavy (non-hydrogen) atoms. The number of methoxy groups -OCH3 is 1. The van der Waals surface area contributed by atoms with Gasteiger partial charge in [-0.3, -0.25) is 4.79 Å². The highest BCUT2D eigenvalue weighted by Crippen LogP contribution is 2.30. The quantitative estimate of drug-likeness (QED) is 0.602.